The van der Waals surface area contributed by atoms with Gasteiger partial charge in [0.05, 0.1) is 19.3 Å². The number of nitrogens with zero attached hydrogens (tertiary/aromatic N) is 2. The normalized spacial score (nSPS) is 19.0. The van der Waals surface area contributed by atoms with Gasteiger partial charge in [-0.3, -0.25) is 4.90 Å². The van der Waals surface area contributed by atoms with Gasteiger partial charge >= 0.3 is 0 Å². The second-order valence-electron chi connectivity index (χ2n) is 6.90. The molecule has 138 valence electrons. The fourth-order valence-electron chi connectivity index (χ4n) is 3.56. The van der Waals surface area contributed by atoms with Crippen molar-refractivity contribution in [3.05, 3.63) is 54.1 Å². The van der Waals surface area contributed by atoms with E-state index >= 15 is 0 Å². The fraction of sp³-hybridized carbons (Fsp3) is 0.429. The molecule has 2 aliphatic heterocycles. The lowest BCUT2D eigenvalue weighted by Gasteiger charge is -2.37. The van der Waals surface area contributed by atoms with Crippen molar-refractivity contribution in [3.8, 4) is 11.5 Å². The third kappa shape index (κ3) is 3.94. The standard InChI is InChI=1S/C21H26N2O3/c24-19(17-7-8-20-21(15-17)26-14-4-13-25-20)16-22-9-11-23(12-10-22)18-5-2-1-3-6-18/h1-3,5-8,15,19,24H,4,9-14,16H2/t19-/m1/s1. The molecule has 0 aliphatic carbocycles. The molecule has 26 heavy (non-hydrogen) atoms. The SMILES string of the molecule is O[C@H](CN1CCN(c2ccccc2)CC1)c1ccc2c(c1)OCCCO2. The van der Waals surface area contributed by atoms with Gasteiger partial charge in [-0.2, -0.15) is 0 Å². The maximum atomic E-state index is 10.7. The third-order valence-corrected chi connectivity index (χ3v) is 5.08. The topological polar surface area (TPSA) is 45.2 Å². The minimum absolute atomic E-state index is 0.518. The maximum Gasteiger partial charge on any atom is 0.161 e. The average Bonchev–Trinajstić information content (AvgIpc) is 2.94. The number of hydrogen-bond donors (Lipinski definition) is 1. The summed E-state index contributed by atoms with van der Waals surface area (Å²) in [4.78, 5) is 4.73. The van der Waals surface area contributed by atoms with Crippen LogP contribution in [0.4, 0.5) is 5.69 Å². The first-order valence-corrected chi connectivity index (χ1v) is 9.39. The first kappa shape index (κ1) is 17.2. The van der Waals surface area contributed by atoms with Crippen LogP contribution in [0.2, 0.25) is 0 Å². The molecule has 0 unspecified atom stereocenters. The van der Waals surface area contributed by atoms with E-state index in [0.29, 0.717) is 19.8 Å². The minimum Gasteiger partial charge on any atom is -0.490 e. The van der Waals surface area contributed by atoms with Gasteiger partial charge < -0.3 is 19.5 Å². The molecule has 2 aliphatic rings. The quantitative estimate of drug-likeness (QED) is 0.915. The highest BCUT2D eigenvalue weighted by atomic mass is 16.5. The Morgan fingerprint density at radius 3 is 2.38 bits per heavy atom. The summed E-state index contributed by atoms with van der Waals surface area (Å²) in [6, 6.07) is 16.3. The highest BCUT2D eigenvalue weighted by molar-refractivity contribution is 5.46. The predicted molar refractivity (Wildman–Crippen MR) is 102 cm³/mol. The molecule has 0 radical (unpaired) electrons. The number of hydrogen-bond acceptors (Lipinski definition) is 5. The van der Waals surface area contributed by atoms with E-state index < -0.39 is 6.10 Å². The molecule has 5 nitrogen and oxygen atoms in total. The van der Waals surface area contributed by atoms with Gasteiger partial charge in [-0.1, -0.05) is 24.3 Å². The molecule has 0 saturated carbocycles. The van der Waals surface area contributed by atoms with Crippen LogP contribution in [0, 0.1) is 0 Å². The summed E-state index contributed by atoms with van der Waals surface area (Å²) in [6.45, 7) is 5.86. The van der Waals surface area contributed by atoms with Crippen LogP contribution in [0.3, 0.4) is 0 Å². The molecular formula is C21H26N2O3. The van der Waals surface area contributed by atoms with Crippen LogP contribution in [-0.2, 0) is 0 Å². The number of aliphatic hydroxyl groups excluding tert-OH is 1. The Morgan fingerprint density at radius 1 is 0.885 bits per heavy atom. The zero-order valence-corrected chi connectivity index (χ0v) is 15.0. The molecular weight excluding hydrogens is 328 g/mol. The van der Waals surface area contributed by atoms with E-state index in [1.165, 1.54) is 5.69 Å². The van der Waals surface area contributed by atoms with E-state index in [2.05, 4.69) is 34.1 Å². The second kappa shape index (κ2) is 7.98. The van der Waals surface area contributed by atoms with Crippen LogP contribution in [0.25, 0.3) is 0 Å². The molecule has 0 bridgehead atoms. The van der Waals surface area contributed by atoms with Crippen molar-refractivity contribution in [1.29, 1.82) is 0 Å². The molecule has 1 atom stereocenters. The summed E-state index contributed by atoms with van der Waals surface area (Å²) in [5, 5.41) is 10.7. The summed E-state index contributed by atoms with van der Waals surface area (Å²) in [6.07, 6.45) is 0.369. The molecule has 1 fully saturated rings. The van der Waals surface area contributed by atoms with Crippen molar-refractivity contribution < 1.29 is 14.6 Å². The van der Waals surface area contributed by atoms with Gasteiger partial charge in [0.1, 0.15) is 0 Å². The van der Waals surface area contributed by atoms with Gasteiger partial charge in [0.15, 0.2) is 11.5 Å². The molecule has 2 heterocycles. The Bertz CT molecular complexity index is 714. The van der Waals surface area contributed by atoms with E-state index in [9.17, 15) is 5.11 Å². The predicted octanol–water partition coefficient (Wildman–Crippen LogP) is 2.70. The lowest BCUT2D eigenvalue weighted by molar-refractivity contribution is 0.109. The number of aliphatic hydroxyl groups is 1. The van der Waals surface area contributed by atoms with Crippen molar-refractivity contribution in [2.24, 2.45) is 0 Å². The van der Waals surface area contributed by atoms with Crippen molar-refractivity contribution in [2.45, 2.75) is 12.5 Å². The number of fused-ring (bicyclic) bond motifs is 1. The van der Waals surface area contributed by atoms with Crippen molar-refractivity contribution in [3.63, 3.8) is 0 Å². The summed E-state index contributed by atoms with van der Waals surface area (Å²) < 4.78 is 11.4. The van der Waals surface area contributed by atoms with Gasteiger partial charge in [0.25, 0.3) is 0 Å². The first-order chi connectivity index (χ1) is 12.8. The number of anilines is 1. The number of benzene rings is 2. The Morgan fingerprint density at radius 2 is 1.62 bits per heavy atom. The van der Waals surface area contributed by atoms with Crippen LogP contribution in [0.15, 0.2) is 48.5 Å². The highest BCUT2D eigenvalue weighted by Crippen LogP contribution is 2.32. The van der Waals surface area contributed by atoms with Gasteiger partial charge in [-0.25, -0.2) is 0 Å². The Labute approximate surface area is 154 Å². The largest absolute Gasteiger partial charge is 0.490 e. The molecule has 5 heteroatoms. The zero-order valence-electron chi connectivity index (χ0n) is 15.0. The van der Waals surface area contributed by atoms with Gasteiger partial charge in [0.2, 0.25) is 0 Å². The lowest BCUT2D eigenvalue weighted by atomic mass is 10.1. The van der Waals surface area contributed by atoms with Gasteiger partial charge in [0, 0.05) is 44.8 Å². The number of piperazine rings is 1. The summed E-state index contributed by atoms with van der Waals surface area (Å²) in [5.74, 6) is 1.52. The smallest absolute Gasteiger partial charge is 0.161 e. The van der Waals surface area contributed by atoms with Gasteiger partial charge in [-0.05, 0) is 29.8 Å². The van der Waals surface area contributed by atoms with Crippen molar-refractivity contribution >= 4 is 5.69 Å². The first-order valence-electron chi connectivity index (χ1n) is 9.39. The molecule has 0 spiro atoms. The van der Waals surface area contributed by atoms with Gasteiger partial charge in [-0.15, -0.1) is 0 Å². The van der Waals surface area contributed by atoms with E-state index in [0.717, 1.165) is 49.7 Å². The van der Waals surface area contributed by atoms with Crippen LogP contribution in [0.1, 0.15) is 18.1 Å². The number of rotatable bonds is 4. The molecule has 4 rings (SSSR count). The van der Waals surface area contributed by atoms with Crippen LogP contribution in [0.5, 0.6) is 11.5 Å². The van der Waals surface area contributed by atoms with Crippen LogP contribution < -0.4 is 14.4 Å². The lowest BCUT2D eigenvalue weighted by Crippen LogP contribution is -2.47. The molecule has 1 N–H and O–H groups in total. The monoisotopic (exact) mass is 354 g/mol. The van der Waals surface area contributed by atoms with E-state index in [4.69, 9.17) is 9.47 Å². The Kier molecular flexibility index (Phi) is 5.27. The fourth-order valence-corrected chi connectivity index (χ4v) is 3.56. The summed E-state index contributed by atoms with van der Waals surface area (Å²) in [7, 11) is 0. The maximum absolute atomic E-state index is 10.7. The molecule has 1 saturated heterocycles. The van der Waals surface area contributed by atoms with Crippen molar-refractivity contribution in [2.75, 3.05) is 50.8 Å². The van der Waals surface area contributed by atoms with E-state index in [1.807, 2.05) is 24.3 Å². The summed E-state index contributed by atoms with van der Waals surface area (Å²) >= 11 is 0. The molecule has 0 aromatic heterocycles. The van der Waals surface area contributed by atoms with E-state index in [1.54, 1.807) is 0 Å². The van der Waals surface area contributed by atoms with Crippen LogP contribution >= 0.6 is 0 Å². The number of β-amino-alcohol motifs (C(OH)–C–C–N with tert-alkyl or cyclic N) is 1. The number of ether oxygens (including phenoxy) is 2. The highest BCUT2D eigenvalue weighted by Gasteiger charge is 2.21. The molecule has 2 aromatic carbocycles. The average molecular weight is 354 g/mol. The summed E-state index contributed by atoms with van der Waals surface area (Å²) in [5.41, 5.74) is 2.16. The Balaban J connectivity index is 1.34. The Hall–Kier alpha value is -2.24. The second-order valence-corrected chi connectivity index (χ2v) is 6.90. The zero-order chi connectivity index (χ0) is 17.8. The van der Waals surface area contributed by atoms with Crippen LogP contribution in [-0.4, -0.2) is 55.9 Å². The minimum atomic E-state index is -0.518. The van der Waals surface area contributed by atoms with E-state index in [-0.39, 0.29) is 0 Å². The van der Waals surface area contributed by atoms with Crippen molar-refractivity contribution in [1.82, 2.24) is 4.90 Å². The number of para-hydroxylation sites is 1. The molecule has 2 aromatic rings. The molecule has 0 amide bonds. The third-order valence-electron chi connectivity index (χ3n) is 5.08.